The van der Waals surface area contributed by atoms with Crippen molar-refractivity contribution in [3.05, 3.63) is 89.9 Å². The number of aromatic nitrogens is 2. The van der Waals surface area contributed by atoms with Gasteiger partial charge in [-0.05, 0) is 48.5 Å². The van der Waals surface area contributed by atoms with Gasteiger partial charge in [-0.25, -0.2) is 36.2 Å². The molecule has 0 saturated heterocycles. The van der Waals surface area contributed by atoms with Gasteiger partial charge < -0.3 is 0 Å². The zero-order valence-electron chi connectivity index (χ0n) is 17.6. The number of hydrogen-bond donors (Lipinski definition) is 2. The Morgan fingerprint density at radius 2 is 0.750 bits per heavy atom. The molecular formula is C20H12N4O8S4. The SMILES string of the molecule is NS(=O)(=O)c1ccc(-n2c(=O)c3sc4c(=O)n(-c5ccc(S(N)(=O)=O)cc5)c(=O)c4sc3c2=O)cc1. The van der Waals surface area contributed by atoms with Crippen LogP contribution in [0.15, 0.2) is 77.5 Å². The highest BCUT2D eigenvalue weighted by Gasteiger charge is 2.23. The predicted octanol–water partition coefficient (Wildman–Crippen LogP) is -0.129. The Kier molecular flexibility index (Phi) is 5.36. The summed E-state index contributed by atoms with van der Waals surface area (Å²) < 4.78 is 47.3. The van der Waals surface area contributed by atoms with E-state index in [1.165, 1.54) is 24.3 Å². The summed E-state index contributed by atoms with van der Waals surface area (Å²) >= 11 is 1.38. The molecule has 5 aromatic rings. The van der Waals surface area contributed by atoms with Crippen LogP contribution >= 0.6 is 22.7 Å². The van der Waals surface area contributed by atoms with Crippen LogP contribution in [0.3, 0.4) is 0 Å². The van der Waals surface area contributed by atoms with Gasteiger partial charge in [0.25, 0.3) is 22.2 Å². The van der Waals surface area contributed by atoms with Crippen molar-refractivity contribution in [2.24, 2.45) is 10.3 Å². The fraction of sp³-hybridized carbons (Fsp3) is 0. The lowest BCUT2D eigenvalue weighted by Crippen LogP contribution is -2.24. The van der Waals surface area contributed by atoms with E-state index in [-0.39, 0.29) is 40.0 Å². The first-order chi connectivity index (χ1) is 16.8. The summed E-state index contributed by atoms with van der Waals surface area (Å²) in [6.07, 6.45) is 0. The van der Waals surface area contributed by atoms with Crippen molar-refractivity contribution < 1.29 is 16.8 Å². The van der Waals surface area contributed by atoms with Gasteiger partial charge in [0.05, 0.1) is 21.2 Å². The van der Waals surface area contributed by atoms with Crippen molar-refractivity contribution >= 4 is 61.5 Å². The summed E-state index contributed by atoms with van der Waals surface area (Å²) in [5, 5.41) is 10.1. The maximum absolute atomic E-state index is 13.1. The quantitative estimate of drug-likeness (QED) is 0.301. The molecule has 0 fully saturated rings. The summed E-state index contributed by atoms with van der Waals surface area (Å²) in [7, 11) is -7.96. The molecule has 184 valence electrons. The topological polar surface area (TPSA) is 198 Å². The molecule has 16 heteroatoms. The maximum Gasteiger partial charge on any atom is 0.277 e. The van der Waals surface area contributed by atoms with Gasteiger partial charge in [-0.1, -0.05) is 0 Å². The van der Waals surface area contributed by atoms with Crippen LogP contribution in [0.4, 0.5) is 0 Å². The first-order valence-electron chi connectivity index (χ1n) is 9.66. The minimum absolute atomic E-state index is 0.0492. The summed E-state index contributed by atoms with van der Waals surface area (Å²) in [6, 6.07) is 9.56. The zero-order valence-corrected chi connectivity index (χ0v) is 20.8. The molecule has 4 N–H and O–H groups in total. The minimum atomic E-state index is -3.98. The Balaban J connectivity index is 1.72. The molecule has 2 aromatic carbocycles. The van der Waals surface area contributed by atoms with Crippen LogP contribution < -0.4 is 32.5 Å². The molecule has 3 aromatic heterocycles. The highest BCUT2D eigenvalue weighted by Crippen LogP contribution is 2.27. The van der Waals surface area contributed by atoms with E-state index in [4.69, 9.17) is 10.3 Å². The van der Waals surface area contributed by atoms with Gasteiger partial charge in [0.2, 0.25) is 20.0 Å². The second-order valence-electron chi connectivity index (χ2n) is 7.49. The summed E-state index contributed by atoms with van der Waals surface area (Å²) in [5.74, 6) is 0. The summed E-state index contributed by atoms with van der Waals surface area (Å²) in [6.45, 7) is 0. The second-order valence-corrected chi connectivity index (χ2v) is 12.7. The monoisotopic (exact) mass is 564 g/mol. The van der Waals surface area contributed by atoms with E-state index in [1.54, 1.807) is 0 Å². The molecule has 0 aliphatic rings. The van der Waals surface area contributed by atoms with Crippen LogP contribution in [0.5, 0.6) is 0 Å². The molecule has 0 bridgehead atoms. The Labute approximate surface area is 208 Å². The molecule has 0 radical (unpaired) electrons. The van der Waals surface area contributed by atoms with E-state index in [0.29, 0.717) is 22.7 Å². The van der Waals surface area contributed by atoms with Gasteiger partial charge in [-0.15, -0.1) is 22.7 Å². The van der Waals surface area contributed by atoms with E-state index in [9.17, 15) is 36.0 Å². The lowest BCUT2D eigenvalue weighted by Gasteiger charge is -2.02. The van der Waals surface area contributed by atoms with Crippen LogP contribution in [0.25, 0.3) is 30.2 Å². The molecule has 0 unspecified atom stereocenters. The maximum atomic E-state index is 13.1. The van der Waals surface area contributed by atoms with E-state index in [2.05, 4.69) is 0 Å². The third-order valence-electron chi connectivity index (χ3n) is 5.26. The molecular weight excluding hydrogens is 553 g/mol. The molecule has 0 amide bonds. The Hall–Kier alpha value is -3.54. The second kappa shape index (κ2) is 7.99. The standard InChI is InChI=1S/C20H12N4O8S4/c21-35(29,30)11-5-1-9(2-6-11)23-17(25)13-14(18(23)26)34-16-15(33-13)19(27)24(20(16)28)10-3-7-12(8-4-10)36(22,31)32/h1-8H,(H2,21,29,30)(H2,22,31,32). The van der Waals surface area contributed by atoms with Gasteiger partial charge in [0.1, 0.15) is 18.8 Å². The number of benzene rings is 2. The lowest BCUT2D eigenvalue weighted by atomic mass is 10.3. The van der Waals surface area contributed by atoms with E-state index in [0.717, 1.165) is 33.4 Å². The largest absolute Gasteiger partial charge is 0.277 e. The molecule has 0 spiro atoms. The van der Waals surface area contributed by atoms with E-state index in [1.807, 2.05) is 0 Å². The zero-order chi connectivity index (χ0) is 26.2. The van der Waals surface area contributed by atoms with Crippen LogP contribution in [0, 0.1) is 0 Å². The molecule has 36 heavy (non-hydrogen) atoms. The smallest absolute Gasteiger partial charge is 0.267 e. The van der Waals surface area contributed by atoms with Gasteiger partial charge in [0, 0.05) is 0 Å². The minimum Gasteiger partial charge on any atom is -0.267 e. The fourth-order valence-electron chi connectivity index (χ4n) is 3.58. The van der Waals surface area contributed by atoms with E-state index < -0.39 is 42.3 Å². The molecule has 0 atom stereocenters. The normalized spacial score (nSPS) is 12.5. The number of rotatable bonds is 4. The average molecular weight is 565 g/mol. The van der Waals surface area contributed by atoms with Gasteiger partial charge in [0.15, 0.2) is 0 Å². The highest BCUT2D eigenvalue weighted by atomic mass is 32.2. The van der Waals surface area contributed by atoms with Crippen LogP contribution in [0.2, 0.25) is 0 Å². The molecule has 12 nitrogen and oxygen atoms in total. The van der Waals surface area contributed by atoms with Crippen LogP contribution in [-0.2, 0) is 20.0 Å². The number of nitrogens with two attached hydrogens (primary N) is 2. The molecule has 3 heterocycles. The first-order valence-corrected chi connectivity index (χ1v) is 14.4. The summed E-state index contributed by atoms with van der Waals surface area (Å²) in [5.41, 5.74) is -2.78. The van der Waals surface area contributed by atoms with Crippen molar-refractivity contribution in [2.75, 3.05) is 0 Å². The predicted molar refractivity (Wildman–Crippen MR) is 135 cm³/mol. The molecule has 0 aliphatic carbocycles. The Morgan fingerprint density at radius 3 is 0.972 bits per heavy atom. The van der Waals surface area contributed by atoms with Crippen molar-refractivity contribution in [1.29, 1.82) is 0 Å². The van der Waals surface area contributed by atoms with Crippen LogP contribution in [0.1, 0.15) is 0 Å². The number of fused-ring (bicyclic) bond motifs is 2. The van der Waals surface area contributed by atoms with Gasteiger partial charge >= 0.3 is 0 Å². The summed E-state index contributed by atoms with van der Waals surface area (Å²) in [4.78, 5) is 51.8. The average Bonchev–Trinajstić information content (AvgIpc) is 3.21. The highest BCUT2D eigenvalue weighted by molar-refractivity contribution is 7.89. The number of primary sulfonamides is 2. The van der Waals surface area contributed by atoms with Gasteiger partial charge in [-0.3, -0.25) is 19.2 Å². The molecule has 0 saturated carbocycles. The Morgan fingerprint density at radius 1 is 0.500 bits per heavy atom. The third-order valence-corrected chi connectivity index (χ3v) is 9.71. The van der Waals surface area contributed by atoms with Crippen molar-refractivity contribution in [3.63, 3.8) is 0 Å². The van der Waals surface area contributed by atoms with Crippen molar-refractivity contribution in [3.8, 4) is 11.4 Å². The number of nitrogens with zero attached hydrogens (tertiary/aromatic N) is 2. The van der Waals surface area contributed by atoms with Crippen molar-refractivity contribution in [1.82, 2.24) is 9.13 Å². The van der Waals surface area contributed by atoms with E-state index >= 15 is 0 Å². The number of hydrogen-bond acceptors (Lipinski definition) is 10. The Bertz CT molecular complexity index is 1930. The molecule has 5 rings (SSSR count). The van der Waals surface area contributed by atoms with Crippen LogP contribution in [-0.4, -0.2) is 26.0 Å². The third kappa shape index (κ3) is 3.71. The fourth-order valence-corrected chi connectivity index (χ4v) is 6.96. The van der Waals surface area contributed by atoms with Gasteiger partial charge in [-0.2, -0.15) is 0 Å². The molecule has 0 aliphatic heterocycles. The number of sulfonamides is 2. The van der Waals surface area contributed by atoms with Crippen molar-refractivity contribution in [2.45, 2.75) is 9.79 Å². The first kappa shape index (κ1) is 24.2. The lowest BCUT2D eigenvalue weighted by molar-refractivity contribution is 0.596.